The van der Waals surface area contributed by atoms with Gasteiger partial charge in [-0.15, -0.1) is 0 Å². The van der Waals surface area contributed by atoms with E-state index in [9.17, 15) is 0 Å². The van der Waals surface area contributed by atoms with E-state index in [1.807, 2.05) is 0 Å². The zero-order valence-corrected chi connectivity index (χ0v) is 10.9. The Morgan fingerprint density at radius 2 is 1.84 bits per heavy atom. The maximum absolute atomic E-state index is 2.32. The Morgan fingerprint density at radius 1 is 1.00 bits per heavy atom. The van der Waals surface area contributed by atoms with E-state index in [-0.39, 0.29) is 0 Å². The number of benzene rings is 2. The topological polar surface area (TPSA) is 0 Å². The van der Waals surface area contributed by atoms with E-state index in [1.54, 1.807) is 0 Å². The first-order chi connectivity index (χ1) is 9.34. The van der Waals surface area contributed by atoms with Gasteiger partial charge in [0.25, 0.3) is 0 Å². The third-order valence-corrected chi connectivity index (χ3v) is 4.21. The molecule has 2 aromatic rings. The van der Waals surface area contributed by atoms with Crippen LogP contribution in [0.25, 0.3) is 12.2 Å². The monoisotopic (exact) mass is 243 g/mol. The zero-order valence-electron chi connectivity index (χ0n) is 10.9. The van der Waals surface area contributed by atoms with E-state index in [0.29, 0.717) is 5.92 Å². The first kappa shape index (κ1) is 10.7. The van der Waals surface area contributed by atoms with Gasteiger partial charge in [0.15, 0.2) is 0 Å². The number of hydrogen-bond acceptors (Lipinski definition) is 0. The van der Waals surface area contributed by atoms with Crippen molar-refractivity contribution in [3.8, 4) is 0 Å². The molecule has 0 nitrogen and oxygen atoms in total. The Balaban J connectivity index is 2.10. The van der Waals surface area contributed by atoms with Crippen molar-refractivity contribution in [2.45, 2.75) is 12.8 Å². The van der Waals surface area contributed by atoms with Crippen LogP contribution in [0.1, 0.15) is 35.1 Å². The Hall–Kier alpha value is -2.21. The highest BCUT2D eigenvalue weighted by molar-refractivity contribution is 5.65. The summed E-state index contributed by atoms with van der Waals surface area (Å²) in [6, 6.07) is 13.2. The summed E-state index contributed by atoms with van der Waals surface area (Å²) in [6.45, 7) is 2.32. The number of rotatable bonds is 0. The van der Waals surface area contributed by atoms with Crippen molar-refractivity contribution in [3.63, 3.8) is 0 Å². The van der Waals surface area contributed by atoms with Crippen LogP contribution in [-0.4, -0.2) is 0 Å². The summed E-state index contributed by atoms with van der Waals surface area (Å²) in [6.07, 6.45) is 11.0. The van der Waals surface area contributed by atoms with Crippen molar-refractivity contribution in [1.82, 2.24) is 0 Å². The Labute approximate surface area is 113 Å². The minimum Gasteiger partial charge on any atom is -0.0619 e. The molecule has 1 atom stereocenters. The molecule has 1 unspecified atom stereocenters. The van der Waals surface area contributed by atoms with Gasteiger partial charge in [-0.05, 0) is 36.3 Å². The third-order valence-electron chi connectivity index (χ3n) is 4.21. The molecule has 0 heterocycles. The average Bonchev–Trinajstić information content (AvgIpc) is 2.47. The molecule has 0 aromatic heterocycles. The SMILES string of the molecule is CC1c2ccccc2C=c2ccc3c(c21)[CH+]C=CC=3. The van der Waals surface area contributed by atoms with Crippen LogP contribution in [-0.2, 0) is 0 Å². The summed E-state index contributed by atoms with van der Waals surface area (Å²) in [7, 11) is 0. The predicted octanol–water partition coefficient (Wildman–Crippen LogP) is 2.88. The van der Waals surface area contributed by atoms with Crippen molar-refractivity contribution >= 4 is 12.2 Å². The highest BCUT2D eigenvalue weighted by atomic mass is 14.2. The normalized spacial score (nSPS) is 18.3. The Morgan fingerprint density at radius 3 is 2.79 bits per heavy atom. The molecular formula is C19H15+. The van der Waals surface area contributed by atoms with Crippen LogP contribution < -0.4 is 10.4 Å². The van der Waals surface area contributed by atoms with E-state index in [4.69, 9.17) is 0 Å². The molecule has 4 rings (SSSR count). The molecule has 0 fully saturated rings. The fourth-order valence-corrected chi connectivity index (χ4v) is 3.28. The minimum atomic E-state index is 0.460. The zero-order chi connectivity index (χ0) is 12.8. The second-order valence-corrected chi connectivity index (χ2v) is 5.28. The maximum atomic E-state index is 2.32. The second-order valence-electron chi connectivity index (χ2n) is 5.28. The standard InChI is InChI=1S/C19H15/c1-13-17-8-4-3-7-15(17)12-16-11-10-14-6-2-5-9-18(14)19(13)16/h2-13H,1H3/q+1. The fraction of sp³-hybridized carbons (Fsp3) is 0.105. The van der Waals surface area contributed by atoms with Gasteiger partial charge in [0, 0.05) is 35.8 Å². The quantitative estimate of drug-likeness (QED) is 0.624. The molecule has 0 heteroatoms. The molecule has 0 amide bonds. The van der Waals surface area contributed by atoms with E-state index in [2.05, 4.69) is 74.0 Å². The molecular weight excluding hydrogens is 228 g/mol. The second kappa shape index (κ2) is 3.89. The van der Waals surface area contributed by atoms with Crippen molar-refractivity contribution in [1.29, 1.82) is 0 Å². The van der Waals surface area contributed by atoms with Gasteiger partial charge in [0.1, 0.15) is 5.56 Å². The summed E-state index contributed by atoms with van der Waals surface area (Å²) < 4.78 is 0. The van der Waals surface area contributed by atoms with E-state index in [1.165, 1.54) is 32.7 Å². The first-order valence-corrected chi connectivity index (χ1v) is 6.80. The average molecular weight is 243 g/mol. The molecule has 0 bridgehead atoms. The predicted molar refractivity (Wildman–Crippen MR) is 80.2 cm³/mol. The van der Waals surface area contributed by atoms with Gasteiger partial charge in [-0.3, -0.25) is 0 Å². The minimum absolute atomic E-state index is 0.460. The van der Waals surface area contributed by atoms with Crippen LogP contribution in [0.15, 0.2) is 48.6 Å². The van der Waals surface area contributed by atoms with Crippen molar-refractivity contribution in [3.05, 3.63) is 87.7 Å². The van der Waals surface area contributed by atoms with Crippen LogP contribution >= 0.6 is 0 Å². The van der Waals surface area contributed by atoms with Crippen LogP contribution in [0, 0.1) is 6.42 Å². The molecule has 90 valence electrons. The lowest BCUT2D eigenvalue weighted by Gasteiger charge is -2.20. The molecule has 2 aromatic carbocycles. The summed E-state index contributed by atoms with van der Waals surface area (Å²) in [5.74, 6) is 0.460. The lowest BCUT2D eigenvalue weighted by atomic mass is 9.80. The summed E-state index contributed by atoms with van der Waals surface area (Å²) in [5, 5.41) is 2.70. The molecule has 0 aliphatic heterocycles. The summed E-state index contributed by atoms with van der Waals surface area (Å²) in [5.41, 5.74) is 5.65. The maximum Gasteiger partial charge on any atom is 0.108 e. The van der Waals surface area contributed by atoms with Crippen molar-refractivity contribution in [2.24, 2.45) is 0 Å². The third kappa shape index (κ3) is 1.50. The van der Waals surface area contributed by atoms with Gasteiger partial charge in [-0.25, -0.2) is 0 Å². The van der Waals surface area contributed by atoms with Gasteiger partial charge in [0.05, 0.1) is 10.8 Å². The lowest BCUT2D eigenvalue weighted by Crippen LogP contribution is -2.26. The van der Waals surface area contributed by atoms with Crippen molar-refractivity contribution in [2.75, 3.05) is 0 Å². The molecule has 0 N–H and O–H groups in total. The van der Waals surface area contributed by atoms with E-state index < -0.39 is 0 Å². The van der Waals surface area contributed by atoms with Gasteiger partial charge in [-0.1, -0.05) is 24.3 Å². The van der Waals surface area contributed by atoms with Gasteiger partial charge >= 0.3 is 0 Å². The molecule has 0 saturated heterocycles. The lowest BCUT2D eigenvalue weighted by molar-refractivity contribution is 0.888. The summed E-state index contributed by atoms with van der Waals surface area (Å²) in [4.78, 5) is 0. The number of fused-ring (bicyclic) bond motifs is 4. The summed E-state index contributed by atoms with van der Waals surface area (Å²) >= 11 is 0. The smallest absolute Gasteiger partial charge is 0.0619 e. The number of allylic oxidation sites excluding steroid dienone is 2. The fourth-order valence-electron chi connectivity index (χ4n) is 3.28. The van der Waals surface area contributed by atoms with Gasteiger partial charge in [-0.2, -0.15) is 0 Å². The highest BCUT2D eigenvalue weighted by Crippen LogP contribution is 2.30. The molecule has 0 saturated carbocycles. The first-order valence-electron chi connectivity index (χ1n) is 6.80. The van der Waals surface area contributed by atoms with Crippen LogP contribution in [0.3, 0.4) is 0 Å². The molecule has 0 spiro atoms. The van der Waals surface area contributed by atoms with Gasteiger partial charge in [0.2, 0.25) is 0 Å². The van der Waals surface area contributed by atoms with Crippen LogP contribution in [0.5, 0.6) is 0 Å². The highest BCUT2D eigenvalue weighted by Gasteiger charge is 2.25. The molecule has 2 aliphatic rings. The molecule has 2 aliphatic carbocycles. The Kier molecular flexibility index (Phi) is 2.19. The van der Waals surface area contributed by atoms with Crippen LogP contribution in [0.2, 0.25) is 0 Å². The molecule has 19 heavy (non-hydrogen) atoms. The molecule has 0 radical (unpaired) electrons. The Bertz CT molecular complexity index is 806. The van der Waals surface area contributed by atoms with E-state index in [0.717, 1.165) is 0 Å². The number of hydrogen-bond donors (Lipinski definition) is 0. The van der Waals surface area contributed by atoms with Gasteiger partial charge < -0.3 is 0 Å². The van der Waals surface area contributed by atoms with Crippen molar-refractivity contribution < 1.29 is 0 Å². The largest absolute Gasteiger partial charge is 0.108 e. The van der Waals surface area contributed by atoms with E-state index >= 15 is 0 Å². The van der Waals surface area contributed by atoms with Crippen LogP contribution in [0.4, 0.5) is 0 Å².